The van der Waals surface area contributed by atoms with Gasteiger partial charge in [-0.3, -0.25) is 4.68 Å². The molecule has 174 valence electrons. The first-order chi connectivity index (χ1) is 16.0. The van der Waals surface area contributed by atoms with Crippen LogP contribution < -0.4 is 10.6 Å². The highest BCUT2D eigenvalue weighted by atomic mass is 35.5. The number of benzene rings is 1. The van der Waals surface area contributed by atoms with Crippen LogP contribution in [0.2, 0.25) is 5.02 Å². The van der Waals surface area contributed by atoms with Gasteiger partial charge >= 0.3 is 0 Å². The molecular formula is C24H29ClN6OS. The standard InChI is InChI=1S/C24H29ClN6OS/c1-3-31-10-7-19(29-31)18-5-4-6-20(21(18)25)33-23-27-13-17(14-28-23)30-11-8-24(9-12-30)15-32-16(2)22(24)26/h4-7,10,13-14,16,22H,3,8-9,11-12,15,26H2,1-2H3/t16-,22-/m0/s1. The molecule has 2 N–H and O–H groups in total. The molecule has 0 radical (unpaired) electrons. The number of anilines is 1. The van der Waals surface area contributed by atoms with Crippen molar-refractivity contribution in [2.75, 3.05) is 24.6 Å². The van der Waals surface area contributed by atoms with E-state index >= 15 is 0 Å². The molecule has 33 heavy (non-hydrogen) atoms. The molecule has 2 atom stereocenters. The van der Waals surface area contributed by atoms with Crippen LogP contribution in [-0.4, -0.2) is 51.6 Å². The molecule has 9 heteroatoms. The largest absolute Gasteiger partial charge is 0.376 e. The molecule has 0 amide bonds. The molecule has 1 spiro atoms. The Balaban J connectivity index is 1.26. The predicted octanol–water partition coefficient (Wildman–Crippen LogP) is 4.50. The maximum atomic E-state index is 6.73. The van der Waals surface area contributed by atoms with Crippen LogP contribution in [0, 0.1) is 5.41 Å². The number of nitrogens with zero attached hydrogens (tertiary/aromatic N) is 5. The minimum absolute atomic E-state index is 0.112. The van der Waals surface area contributed by atoms with Gasteiger partial charge in [0.15, 0.2) is 5.16 Å². The molecule has 2 fully saturated rings. The zero-order valence-corrected chi connectivity index (χ0v) is 20.5. The molecule has 3 aromatic rings. The zero-order valence-electron chi connectivity index (χ0n) is 18.9. The molecule has 0 aliphatic carbocycles. The van der Waals surface area contributed by atoms with E-state index in [9.17, 15) is 0 Å². The number of aryl methyl sites for hydroxylation is 1. The van der Waals surface area contributed by atoms with E-state index in [-0.39, 0.29) is 17.6 Å². The summed E-state index contributed by atoms with van der Waals surface area (Å²) >= 11 is 8.19. The zero-order chi connectivity index (χ0) is 23.0. The lowest BCUT2D eigenvalue weighted by atomic mass is 9.73. The average Bonchev–Trinajstić information content (AvgIpc) is 3.43. The maximum absolute atomic E-state index is 6.73. The van der Waals surface area contributed by atoms with Crippen molar-refractivity contribution in [3.05, 3.63) is 47.9 Å². The van der Waals surface area contributed by atoms with Crippen molar-refractivity contribution < 1.29 is 4.74 Å². The van der Waals surface area contributed by atoms with E-state index in [1.165, 1.54) is 11.8 Å². The lowest BCUT2D eigenvalue weighted by Crippen LogP contribution is -2.50. The van der Waals surface area contributed by atoms with E-state index in [0.717, 1.165) is 60.9 Å². The SMILES string of the molecule is CCn1ccc(-c2cccc(Sc3ncc(N4CCC5(CC4)CO[C@@H](C)[C@@H]5N)cn3)c2Cl)n1. The topological polar surface area (TPSA) is 82.1 Å². The fourth-order valence-electron chi connectivity index (χ4n) is 4.78. The van der Waals surface area contributed by atoms with E-state index in [2.05, 4.69) is 33.8 Å². The summed E-state index contributed by atoms with van der Waals surface area (Å²) in [4.78, 5) is 12.5. The number of hydrogen-bond donors (Lipinski definition) is 1. The second-order valence-electron chi connectivity index (χ2n) is 8.89. The minimum Gasteiger partial charge on any atom is -0.376 e. The number of ether oxygens (including phenoxy) is 1. The average molecular weight is 485 g/mol. The van der Waals surface area contributed by atoms with Crippen molar-refractivity contribution in [1.82, 2.24) is 19.7 Å². The third-order valence-electron chi connectivity index (χ3n) is 6.99. The second-order valence-corrected chi connectivity index (χ2v) is 10.3. The number of aromatic nitrogens is 4. The van der Waals surface area contributed by atoms with Crippen LogP contribution in [0.3, 0.4) is 0 Å². The van der Waals surface area contributed by atoms with Gasteiger partial charge in [0.05, 0.1) is 41.5 Å². The molecule has 0 bridgehead atoms. The van der Waals surface area contributed by atoms with Gasteiger partial charge in [-0.25, -0.2) is 9.97 Å². The van der Waals surface area contributed by atoms with Crippen LogP contribution in [0.4, 0.5) is 5.69 Å². The molecule has 4 heterocycles. The van der Waals surface area contributed by atoms with Crippen LogP contribution in [0.15, 0.2) is 52.9 Å². The summed E-state index contributed by atoms with van der Waals surface area (Å²) in [6.07, 6.45) is 7.98. The Labute approximate surface area is 203 Å². The Bertz CT molecular complexity index is 1110. The monoisotopic (exact) mass is 484 g/mol. The molecule has 1 aromatic carbocycles. The smallest absolute Gasteiger partial charge is 0.192 e. The number of rotatable bonds is 5. The lowest BCUT2D eigenvalue weighted by molar-refractivity contribution is 0.0974. The van der Waals surface area contributed by atoms with Gasteiger partial charge in [-0.1, -0.05) is 23.7 Å². The highest BCUT2D eigenvalue weighted by Crippen LogP contribution is 2.42. The van der Waals surface area contributed by atoms with E-state index in [1.54, 1.807) is 0 Å². The van der Waals surface area contributed by atoms with Gasteiger partial charge in [-0.15, -0.1) is 0 Å². The van der Waals surface area contributed by atoms with Crippen LogP contribution in [-0.2, 0) is 11.3 Å². The van der Waals surface area contributed by atoms with Crippen molar-refractivity contribution in [1.29, 1.82) is 0 Å². The van der Waals surface area contributed by atoms with E-state index in [0.29, 0.717) is 10.2 Å². The highest BCUT2D eigenvalue weighted by Gasteiger charge is 2.47. The van der Waals surface area contributed by atoms with Crippen molar-refractivity contribution in [2.24, 2.45) is 11.1 Å². The van der Waals surface area contributed by atoms with Crippen LogP contribution in [0.25, 0.3) is 11.3 Å². The third-order valence-corrected chi connectivity index (χ3v) is 8.46. The second kappa shape index (κ2) is 9.25. The molecule has 5 rings (SSSR count). The summed E-state index contributed by atoms with van der Waals surface area (Å²) in [7, 11) is 0. The Hall–Kier alpha value is -2.13. The van der Waals surface area contributed by atoms with Crippen molar-refractivity contribution in [3.63, 3.8) is 0 Å². The van der Waals surface area contributed by atoms with Crippen LogP contribution >= 0.6 is 23.4 Å². The first-order valence-corrected chi connectivity index (χ1v) is 12.6. The predicted molar refractivity (Wildman–Crippen MR) is 132 cm³/mol. The Morgan fingerprint density at radius 3 is 2.61 bits per heavy atom. The fourth-order valence-corrected chi connectivity index (χ4v) is 5.87. The first-order valence-electron chi connectivity index (χ1n) is 11.4. The summed E-state index contributed by atoms with van der Waals surface area (Å²) in [6.45, 7) is 7.62. The van der Waals surface area contributed by atoms with E-state index < -0.39 is 0 Å². The third kappa shape index (κ3) is 4.37. The molecule has 2 aliphatic heterocycles. The summed E-state index contributed by atoms with van der Waals surface area (Å²) in [6, 6.07) is 8.07. The molecule has 7 nitrogen and oxygen atoms in total. The molecule has 2 aromatic heterocycles. The van der Waals surface area contributed by atoms with Crippen LogP contribution in [0.1, 0.15) is 26.7 Å². The van der Waals surface area contributed by atoms with Gasteiger partial charge in [0.25, 0.3) is 0 Å². The summed E-state index contributed by atoms with van der Waals surface area (Å²) in [5, 5.41) is 5.92. The molecular weight excluding hydrogens is 456 g/mol. The lowest BCUT2D eigenvalue weighted by Gasteiger charge is -2.41. The van der Waals surface area contributed by atoms with Gasteiger partial charge in [-0.05, 0) is 50.6 Å². The molecule has 0 saturated carbocycles. The Morgan fingerprint density at radius 2 is 1.97 bits per heavy atom. The van der Waals surface area contributed by atoms with E-state index in [1.807, 2.05) is 47.5 Å². The number of piperidine rings is 1. The molecule has 2 saturated heterocycles. The van der Waals surface area contributed by atoms with Crippen LogP contribution in [0.5, 0.6) is 0 Å². The van der Waals surface area contributed by atoms with Crippen molar-refractivity contribution >= 4 is 29.1 Å². The van der Waals surface area contributed by atoms with Crippen molar-refractivity contribution in [2.45, 2.75) is 55.4 Å². The maximum Gasteiger partial charge on any atom is 0.192 e. The quantitative estimate of drug-likeness (QED) is 0.534. The normalized spacial score (nSPS) is 22.2. The van der Waals surface area contributed by atoms with E-state index in [4.69, 9.17) is 22.1 Å². The fraction of sp³-hybridized carbons (Fsp3) is 0.458. The molecule has 0 unspecified atom stereocenters. The number of hydrogen-bond acceptors (Lipinski definition) is 7. The first kappa shape index (κ1) is 22.7. The van der Waals surface area contributed by atoms with Gasteiger partial charge in [-0.2, -0.15) is 5.10 Å². The van der Waals surface area contributed by atoms with Gasteiger partial charge in [0.2, 0.25) is 0 Å². The number of nitrogens with two attached hydrogens (primary N) is 1. The van der Waals surface area contributed by atoms with Gasteiger partial charge in [0.1, 0.15) is 0 Å². The summed E-state index contributed by atoms with van der Waals surface area (Å²) < 4.78 is 7.73. The highest BCUT2D eigenvalue weighted by molar-refractivity contribution is 7.99. The molecule has 2 aliphatic rings. The Kier molecular flexibility index (Phi) is 6.35. The Morgan fingerprint density at radius 1 is 1.21 bits per heavy atom. The minimum atomic E-state index is 0.112. The summed E-state index contributed by atoms with van der Waals surface area (Å²) in [5.74, 6) is 0. The number of halogens is 1. The van der Waals surface area contributed by atoms with Crippen molar-refractivity contribution in [3.8, 4) is 11.3 Å². The van der Waals surface area contributed by atoms with Gasteiger partial charge < -0.3 is 15.4 Å². The van der Waals surface area contributed by atoms with Gasteiger partial charge in [0, 0.05) is 47.7 Å². The summed E-state index contributed by atoms with van der Waals surface area (Å²) in [5.41, 5.74) is 9.38.